The molecule has 33 heavy (non-hydrogen) atoms. The van der Waals surface area contributed by atoms with Gasteiger partial charge in [0.25, 0.3) is 0 Å². The van der Waals surface area contributed by atoms with Crippen LogP contribution in [0.4, 0.5) is 0 Å². The van der Waals surface area contributed by atoms with Gasteiger partial charge < -0.3 is 10.1 Å². The highest BCUT2D eigenvalue weighted by Crippen LogP contribution is 2.33. The highest BCUT2D eigenvalue weighted by Gasteiger charge is 2.20. The number of hydrogen-bond donors (Lipinski definition) is 1. The molecule has 3 aromatic rings. The highest BCUT2D eigenvalue weighted by atomic mass is 35.5. The standard InChI is InChI=1S/C24H26ClN5O2S/c1-24(2,3)17-8-6-16(7-9-17)22-28-29-23(33-15-21(31)27-13-5-12-26)30(22)18-10-11-20(32-4)19(25)14-18/h6-11,14H,5,13,15H2,1-4H3,(H,27,31). The fraction of sp³-hybridized carbons (Fsp3) is 0.333. The molecule has 0 aliphatic carbocycles. The molecule has 0 aliphatic heterocycles. The van der Waals surface area contributed by atoms with E-state index >= 15 is 0 Å². The van der Waals surface area contributed by atoms with E-state index in [1.54, 1.807) is 19.2 Å². The van der Waals surface area contributed by atoms with Crippen molar-refractivity contribution in [3.63, 3.8) is 0 Å². The molecular formula is C24H26ClN5O2S. The summed E-state index contributed by atoms with van der Waals surface area (Å²) < 4.78 is 7.16. The minimum atomic E-state index is -0.173. The van der Waals surface area contributed by atoms with Gasteiger partial charge in [0.2, 0.25) is 5.91 Å². The zero-order chi connectivity index (χ0) is 24.0. The van der Waals surface area contributed by atoms with Crippen LogP contribution in [0.25, 0.3) is 17.1 Å². The van der Waals surface area contributed by atoms with Gasteiger partial charge in [-0.25, -0.2) is 0 Å². The summed E-state index contributed by atoms with van der Waals surface area (Å²) in [4.78, 5) is 12.1. The van der Waals surface area contributed by atoms with Gasteiger partial charge in [0.15, 0.2) is 11.0 Å². The molecule has 2 aromatic carbocycles. The van der Waals surface area contributed by atoms with Crippen molar-refractivity contribution >= 4 is 29.3 Å². The van der Waals surface area contributed by atoms with Crippen LogP contribution in [-0.4, -0.2) is 40.1 Å². The number of ether oxygens (including phenoxy) is 1. The molecule has 0 saturated carbocycles. The van der Waals surface area contributed by atoms with Gasteiger partial charge in [0.05, 0.1) is 36.1 Å². The third kappa shape index (κ3) is 6.06. The van der Waals surface area contributed by atoms with E-state index < -0.39 is 0 Å². The molecule has 172 valence electrons. The van der Waals surface area contributed by atoms with Crippen LogP contribution in [0.5, 0.6) is 5.75 Å². The van der Waals surface area contributed by atoms with Gasteiger partial charge in [-0.2, -0.15) is 5.26 Å². The normalized spacial score (nSPS) is 11.2. The number of thioether (sulfide) groups is 1. The van der Waals surface area contributed by atoms with Crippen molar-refractivity contribution in [2.24, 2.45) is 0 Å². The monoisotopic (exact) mass is 483 g/mol. The number of aromatic nitrogens is 3. The lowest BCUT2D eigenvalue weighted by Gasteiger charge is -2.19. The summed E-state index contributed by atoms with van der Waals surface area (Å²) in [6.45, 7) is 6.82. The zero-order valence-corrected chi connectivity index (χ0v) is 20.6. The van der Waals surface area contributed by atoms with Gasteiger partial charge in [-0.05, 0) is 29.2 Å². The van der Waals surface area contributed by atoms with Gasteiger partial charge in [-0.3, -0.25) is 9.36 Å². The molecular weight excluding hydrogens is 458 g/mol. The van der Waals surface area contributed by atoms with Crippen LogP contribution in [0.15, 0.2) is 47.6 Å². The first-order chi connectivity index (χ1) is 15.7. The molecule has 0 radical (unpaired) electrons. The lowest BCUT2D eigenvalue weighted by molar-refractivity contribution is -0.118. The Hall–Kier alpha value is -3.02. The number of carbonyl (C=O) groups is 1. The maximum Gasteiger partial charge on any atom is 0.230 e. The molecule has 0 atom stereocenters. The fourth-order valence-corrected chi connectivity index (χ4v) is 4.17. The molecule has 0 saturated heterocycles. The van der Waals surface area contributed by atoms with Crippen LogP contribution < -0.4 is 10.1 Å². The number of methoxy groups -OCH3 is 1. The SMILES string of the molecule is COc1ccc(-n2c(SCC(=O)NCCC#N)nnc2-c2ccc(C(C)(C)C)cc2)cc1Cl. The second-order valence-electron chi connectivity index (χ2n) is 8.33. The summed E-state index contributed by atoms with van der Waals surface area (Å²) in [7, 11) is 1.56. The Balaban J connectivity index is 1.97. The molecule has 0 spiro atoms. The smallest absolute Gasteiger partial charge is 0.230 e. The third-order valence-electron chi connectivity index (χ3n) is 4.93. The second-order valence-corrected chi connectivity index (χ2v) is 9.68. The lowest BCUT2D eigenvalue weighted by atomic mass is 9.87. The van der Waals surface area contributed by atoms with Crippen molar-refractivity contribution in [3.05, 3.63) is 53.1 Å². The number of nitrogens with one attached hydrogen (secondary N) is 1. The molecule has 7 nitrogen and oxygen atoms in total. The number of rotatable bonds is 8. The largest absolute Gasteiger partial charge is 0.495 e. The van der Waals surface area contributed by atoms with E-state index in [9.17, 15) is 4.79 Å². The Kier molecular flexibility index (Phi) is 8.01. The van der Waals surface area contributed by atoms with Gasteiger partial charge >= 0.3 is 0 Å². The van der Waals surface area contributed by atoms with Gasteiger partial charge in [-0.15, -0.1) is 10.2 Å². The first kappa shape index (κ1) is 24.6. The number of halogens is 1. The van der Waals surface area contributed by atoms with Crippen molar-refractivity contribution in [1.29, 1.82) is 5.26 Å². The van der Waals surface area contributed by atoms with Crippen LogP contribution in [-0.2, 0) is 10.2 Å². The van der Waals surface area contributed by atoms with E-state index in [0.29, 0.717) is 28.3 Å². The predicted molar refractivity (Wildman–Crippen MR) is 131 cm³/mol. The van der Waals surface area contributed by atoms with E-state index in [1.807, 2.05) is 28.8 Å². The van der Waals surface area contributed by atoms with E-state index in [0.717, 1.165) is 11.3 Å². The molecule has 0 unspecified atom stereocenters. The van der Waals surface area contributed by atoms with Crippen LogP contribution >= 0.6 is 23.4 Å². The Bertz CT molecular complexity index is 1160. The Morgan fingerprint density at radius 3 is 2.55 bits per heavy atom. The van der Waals surface area contributed by atoms with Crippen molar-refractivity contribution in [1.82, 2.24) is 20.1 Å². The van der Waals surface area contributed by atoms with Crippen LogP contribution in [0.3, 0.4) is 0 Å². The predicted octanol–water partition coefficient (Wildman–Crippen LogP) is 5.02. The minimum absolute atomic E-state index is 0.0373. The first-order valence-electron chi connectivity index (χ1n) is 10.4. The van der Waals surface area contributed by atoms with E-state index in [1.165, 1.54) is 17.3 Å². The van der Waals surface area contributed by atoms with Crippen molar-refractivity contribution in [3.8, 4) is 28.9 Å². The van der Waals surface area contributed by atoms with Crippen LogP contribution in [0.1, 0.15) is 32.8 Å². The number of nitrogens with zero attached hydrogens (tertiary/aromatic N) is 4. The van der Waals surface area contributed by atoms with Crippen molar-refractivity contribution < 1.29 is 9.53 Å². The number of carbonyl (C=O) groups excluding carboxylic acids is 1. The number of amides is 1. The molecule has 1 N–H and O–H groups in total. The molecule has 3 rings (SSSR count). The first-order valence-corrected chi connectivity index (χ1v) is 11.8. The van der Waals surface area contributed by atoms with Gasteiger partial charge in [-0.1, -0.05) is 68.4 Å². The maximum absolute atomic E-state index is 12.1. The lowest BCUT2D eigenvalue weighted by Crippen LogP contribution is -2.26. The minimum Gasteiger partial charge on any atom is -0.495 e. The summed E-state index contributed by atoms with van der Waals surface area (Å²) in [5.74, 6) is 1.18. The fourth-order valence-electron chi connectivity index (χ4n) is 3.14. The Morgan fingerprint density at radius 2 is 1.94 bits per heavy atom. The summed E-state index contributed by atoms with van der Waals surface area (Å²) in [5, 5.41) is 21.1. The van der Waals surface area contributed by atoms with E-state index in [2.05, 4.69) is 48.4 Å². The molecule has 1 heterocycles. The summed E-state index contributed by atoms with van der Waals surface area (Å²) in [6.07, 6.45) is 0.269. The molecule has 0 bridgehead atoms. The molecule has 1 aromatic heterocycles. The molecule has 0 aliphatic rings. The van der Waals surface area contributed by atoms with Gasteiger partial charge in [0, 0.05) is 12.1 Å². The molecule has 1 amide bonds. The second kappa shape index (κ2) is 10.7. The number of nitriles is 1. The van der Waals surface area contributed by atoms with E-state index in [4.69, 9.17) is 21.6 Å². The number of hydrogen-bond acceptors (Lipinski definition) is 6. The van der Waals surface area contributed by atoms with Crippen LogP contribution in [0, 0.1) is 11.3 Å². The summed E-state index contributed by atoms with van der Waals surface area (Å²) >= 11 is 7.66. The molecule has 0 fully saturated rings. The Labute approximate surface area is 203 Å². The highest BCUT2D eigenvalue weighted by molar-refractivity contribution is 7.99. The van der Waals surface area contributed by atoms with Crippen molar-refractivity contribution in [2.45, 2.75) is 37.8 Å². The van der Waals surface area contributed by atoms with Gasteiger partial charge in [0.1, 0.15) is 5.75 Å². The van der Waals surface area contributed by atoms with E-state index in [-0.39, 0.29) is 23.5 Å². The topological polar surface area (TPSA) is 92.8 Å². The Morgan fingerprint density at radius 1 is 1.21 bits per heavy atom. The molecule has 9 heteroatoms. The van der Waals surface area contributed by atoms with Crippen molar-refractivity contribution in [2.75, 3.05) is 19.4 Å². The average molecular weight is 484 g/mol. The zero-order valence-electron chi connectivity index (χ0n) is 19.1. The maximum atomic E-state index is 12.1. The van der Waals surface area contributed by atoms with Crippen LogP contribution in [0.2, 0.25) is 5.02 Å². The average Bonchev–Trinajstić information content (AvgIpc) is 3.21. The number of benzene rings is 2. The third-order valence-corrected chi connectivity index (χ3v) is 6.15. The summed E-state index contributed by atoms with van der Waals surface area (Å²) in [6, 6.07) is 15.7. The summed E-state index contributed by atoms with van der Waals surface area (Å²) in [5.41, 5.74) is 2.91. The quantitative estimate of drug-likeness (QED) is 0.357.